The Morgan fingerprint density at radius 3 is 2.33 bits per heavy atom. The van der Waals surface area contributed by atoms with Crippen LogP contribution in [-0.4, -0.2) is 30.8 Å². The van der Waals surface area contributed by atoms with Crippen LogP contribution in [0.25, 0.3) is 16.9 Å². The van der Waals surface area contributed by atoms with E-state index in [9.17, 15) is 13.2 Å². The first kappa shape index (κ1) is 19.1. The maximum Gasteiger partial charge on any atom is 0.358 e. The number of hydrogen-bond donors (Lipinski definition) is 1. The Bertz CT molecular complexity index is 1070. The number of halogens is 1. The second-order valence-corrected chi connectivity index (χ2v) is 7.59. The van der Waals surface area contributed by atoms with Gasteiger partial charge in [-0.25, -0.2) is 23.0 Å². The molecule has 1 heterocycles. The van der Waals surface area contributed by atoms with E-state index in [1.807, 2.05) is 0 Å². The second kappa shape index (κ2) is 7.51. The largest absolute Gasteiger partial charge is 0.461 e. The van der Waals surface area contributed by atoms with Crippen molar-refractivity contribution in [2.45, 2.75) is 11.8 Å². The third kappa shape index (κ3) is 4.19. The molecule has 0 unspecified atom stereocenters. The van der Waals surface area contributed by atoms with Crippen LogP contribution in [0.15, 0.2) is 59.5 Å². The summed E-state index contributed by atoms with van der Waals surface area (Å²) in [5.41, 5.74) is 2.09. The topological polar surface area (TPSA) is 104 Å². The summed E-state index contributed by atoms with van der Waals surface area (Å²) in [5, 5.41) is 10.0. The molecule has 2 aromatic carbocycles. The van der Waals surface area contributed by atoms with Crippen LogP contribution in [0.1, 0.15) is 17.4 Å². The Balaban J connectivity index is 2.12. The van der Waals surface area contributed by atoms with E-state index in [1.165, 1.54) is 16.8 Å². The fraction of sp³-hybridized carbons (Fsp3) is 0.111. The van der Waals surface area contributed by atoms with E-state index in [-0.39, 0.29) is 17.2 Å². The maximum atomic E-state index is 12.1. The number of sulfonamides is 1. The van der Waals surface area contributed by atoms with Crippen LogP contribution < -0.4 is 5.14 Å². The zero-order valence-electron chi connectivity index (χ0n) is 14.3. The monoisotopic (exact) mass is 405 g/mol. The molecule has 0 radical (unpaired) electrons. The fourth-order valence-electron chi connectivity index (χ4n) is 2.49. The Hall–Kier alpha value is -2.68. The predicted molar refractivity (Wildman–Crippen MR) is 101 cm³/mol. The van der Waals surface area contributed by atoms with Crippen molar-refractivity contribution < 1.29 is 17.9 Å². The van der Waals surface area contributed by atoms with E-state index in [2.05, 4.69) is 5.10 Å². The van der Waals surface area contributed by atoms with Crippen LogP contribution in [0.2, 0.25) is 5.02 Å². The lowest BCUT2D eigenvalue weighted by Crippen LogP contribution is -2.12. The first-order valence-corrected chi connectivity index (χ1v) is 9.88. The lowest BCUT2D eigenvalue weighted by molar-refractivity contribution is 0.0519. The van der Waals surface area contributed by atoms with Crippen LogP contribution in [0, 0.1) is 0 Å². The molecule has 0 saturated carbocycles. The van der Waals surface area contributed by atoms with Gasteiger partial charge in [-0.05, 0) is 49.4 Å². The summed E-state index contributed by atoms with van der Waals surface area (Å²) in [4.78, 5) is 12.1. The average Bonchev–Trinajstić information content (AvgIpc) is 3.07. The maximum absolute atomic E-state index is 12.1. The van der Waals surface area contributed by atoms with Gasteiger partial charge in [0.25, 0.3) is 0 Å². The third-order valence-corrected chi connectivity index (χ3v) is 4.92. The highest BCUT2D eigenvalue weighted by Crippen LogP contribution is 2.26. The number of primary sulfonamides is 1. The van der Waals surface area contributed by atoms with Crippen LogP contribution in [0.4, 0.5) is 0 Å². The highest BCUT2D eigenvalue weighted by atomic mass is 35.5. The van der Waals surface area contributed by atoms with E-state index in [0.29, 0.717) is 16.4 Å². The van der Waals surface area contributed by atoms with Gasteiger partial charge in [-0.1, -0.05) is 23.7 Å². The summed E-state index contributed by atoms with van der Waals surface area (Å²) in [7, 11) is -3.80. The molecule has 9 heteroatoms. The molecule has 0 fully saturated rings. The molecule has 7 nitrogen and oxygen atoms in total. The number of esters is 1. The minimum absolute atomic E-state index is 0.0166. The Morgan fingerprint density at radius 2 is 1.78 bits per heavy atom. The number of ether oxygens (including phenoxy) is 1. The van der Waals surface area contributed by atoms with Gasteiger partial charge in [0.1, 0.15) is 0 Å². The number of nitrogens with zero attached hydrogens (tertiary/aromatic N) is 2. The Kier molecular flexibility index (Phi) is 5.31. The van der Waals surface area contributed by atoms with Gasteiger partial charge in [0.15, 0.2) is 5.69 Å². The molecule has 0 spiro atoms. The molecule has 0 aliphatic carbocycles. The highest BCUT2D eigenvalue weighted by molar-refractivity contribution is 7.89. The van der Waals surface area contributed by atoms with Gasteiger partial charge < -0.3 is 4.74 Å². The molecule has 2 N–H and O–H groups in total. The SMILES string of the molecule is CCOC(=O)c1cc(-c2ccc(Cl)cc2)n(-c2ccc(S(N)(=O)=O)cc2)n1. The molecule has 0 aliphatic rings. The first-order chi connectivity index (χ1) is 12.8. The van der Waals surface area contributed by atoms with Gasteiger partial charge in [0.05, 0.1) is 22.9 Å². The van der Waals surface area contributed by atoms with E-state index < -0.39 is 16.0 Å². The molecule has 3 aromatic rings. The second-order valence-electron chi connectivity index (χ2n) is 5.59. The normalized spacial score (nSPS) is 11.4. The van der Waals surface area contributed by atoms with Crippen LogP contribution in [0.3, 0.4) is 0 Å². The zero-order chi connectivity index (χ0) is 19.6. The number of rotatable bonds is 5. The lowest BCUT2D eigenvalue weighted by Gasteiger charge is -2.08. The molecule has 1 aromatic heterocycles. The zero-order valence-corrected chi connectivity index (χ0v) is 15.9. The number of aromatic nitrogens is 2. The summed E-state index contributed by atoms with van der Waals surface area (Å²) in [6.45, 7) is 1.94. The number of hydrogen-bond acceptors (Lipinski definition) is 5. The molecule has 0 saturated heterocycles. The first-order valence-electron chi connectivity index (χ1n) is 7.96. The standard InChI is InChI=1S/C18H16ClN3O4S/c1-2-26-18(23)16-11-17(12-3-5-13(19)6-4-12)22(21-16)14-7-9-15(10-8-14)27(20,24)25/h3-11H,2H2,1H3,(H2,20,24,25). The molecule has 0 amide bonds. The quantitative estimate of drug-likeness (QED) is 0.657. The number of nitrogens with two attached hydrogens (primary N) is 1. The van der Waals surface area contributed by atoms with Crippen LogP contribution in [0.5, 0.6) is 0 Å². The number of benzene rings is 2. The molecule has 27 heavy (non-hydrogen) atoms. The van der Waals surface area contributed by atoms with Crippen LogP contribution >= 0.6 is 11.6 Å². The summed E-state index contributed by atoms with van der Waals surface area (Å²) in [6.07, 6.45) is 0. The van der Waals surface area contributed by atoms with Crippen molar-refractivity contribution in [3.8, 4) is 16.9 Å². The summed E-state index contributed by atoms with van der Waals surface area (Å²) < 4.78 is 29.4. The fourth-order valence-corrected chi connectivity index (χ4v) is 3.13. The molecular weight excluding hydrogens is 390 g/mol. The highest BCUT2D eigenvalue weighted by Gasteiger charge is 2.18. The van der Waals surface area contributed by atoms with E-state index in [0.717, 1.165) is 5.56 Å². The van der Waals surface area contributed by atoms with E-state index >= 15 is 0 Å². The van der Waals surface area contributed by atoms with Crippen molar-refractivity contribution in [1.29, 1.82) is 0 Å². The number of carbonyl (C=O) groups excluding carboxylic acids is 1. The van der Waals surface area contributed by atoms with E-state index in [1.54, 1.807) is 49.4 Å². The van der Waals surface area contributed by atoms with Gasteiger partial charge in [-0.15, -0.1) is 0 Å². The molecule has 0 bridgehead atoms. The Labute approximate surface area is 161 Å². The smallest absolute Gasteiger partial charge is 0.358 e. The predicted octanol–water partition coefficient (Wildman–Crippen LogP) is 3.02. The van der Waals surface area contributed by atoms with E-state index in [4.69, 9.17) is 21.5 Å². The van der Waals surface area contributed by atoms with Crippen molar-refractivity contribution in [2.24, 2.45) is 5.14 Å². The third-order valence-electron chi connectivity index (χ3n) is 3.74. The molecule has 3 rings (SSSR count). The lowest BCUT2D eigenvalue weighted by atomic mass is 10.1. The van der Waals surface area contributed by atoms with Crippen molar-refractivity contribution in [3.63, 3.8) is 0 Å². The van der Waals surface area contributed by atoms with Gasteiger partial charge >= 0.3 is 5.97 Å². The number of carbonyl (C=O) groups is 1. The van der Waals surface area contributed by atoms with Crippen molar-refractivity contribution in [2.75, 3.05) is 6.61 Å². The van der Waals surface area contributed by atoms with Gasteiger partial charge in [-0.2, -0.15) is 5.10 Å². The van der Waals surface area contributed by atoms with Gasteiger partial charge in [0.2, 0.25) is 10.0 Å². The van der Waals surface area contributed by atoms with Crippen molar-refractivity contribution in [1.82, 2.24) is 9.78 Å². The summed E-state index contributed by atoms with van der Waals surface area (Å²) in [5.74, 6) is -0.549. The Morgan fingerprint density at radius 1 is 1.15 bits per heavy atom. The van der Waals surface area contributed by atoms with Gasteiger partial charge in [0, 0.05) is 10.6 Å². The molecule has 140 valence electrons. The summed E-state index contributed by atoms with van der Waals surface area (Å²) >= 11 is 5.95. The molecular formula is C18H16ClN3O4S. The van der Waals surface area contributed by atoms with Crippen LogP contribution in [-0.2, 0) is 14.8 Å². The molecule has 0 aliphatic heterocycles. The van der Waals surface area contributed by atoms with Gasteiger partial charge in [-0.3, -0.25) is 0 Å². The van der Waals surface area contributed by atoms with Crippen molar-refractivity contribution in [3.05, 3.63) is 65.3 Å². The minimum atomic E-state index is -3.80. The molecule has 0 atom stereocenters. The summed E-state index contributed by atoms with van der Waals surface area (Å²) in [6, 6.07) is 14.5. The average molecular weight is 406 g/mol. The minimum Gasteiger partial charge on any atom is -0.461 e. The van der Waals surface area contributed by atoms with Crippen molar-refractivity contribution >= 4 is 27.6 Å².